The van der Waals surface area contributed by atoms with Crippen LogP contribution in [0.15, 0.2) is 6.07 Å². The average Bonchev–Trinajstić information content (AvgIpc) is 2.37. The molecule has 0 radical (unpaired) electrons. The van der Waals surface area contributed by atoms with Crippen molar-refractivity contribution in [2.45, 2.75) is 13.0 Å². The number of amides is 1. The number of methoxy groups -OCH3 is 2. The second-order valence-electron chi connectivity index (χ2n) is 4.10. The van der Waals surface area contributed by atoms with Gasteiger partial charge in [0.25, 0.3) is 0 Å². The lowest BCUT2D eigenvalue weighted by molar-refractivity contribution is -0.121. The number of carbonyl (C=O) groups excluding carboxylic acids is 1. The minimum Gasteiger partial charge on any atom is -0.481 e. The summed E-state index contributed by atoms with van der Waals surface area (Å²) in [5.41, 5.74) is 0. The number of nitrogens with one attached hydrogen (secondary N) is 1. The van der Waals surface area contributed by atoms with Gasteiger partial charge in [0.2, 0.25) is 23.6 Å². The van der Waals surface area contributed by atoms with E-state index < -0.39 is 0 Å². The van der Waals surface area contributed by atoms with E-state index in [1.807, 2.05) is 6.92 Å². The largest absolute Gasteiger partial charge is 0.481 e. The molecular formula is C11H16N4O3. The third-order valence-corrected chi connectivity index (χ3v) is 2.60. The number of hydrogen-bond acceptors (Lipinski definition) is 6. The Balaban J connectivity index is 2.28. The molecule has 1 aromatic heterocycles. The van der Waals surface area contributed by atoms with Crippen LogP contribution in [0.2, 0.25) is 0 Å². The first-order chi connectivity index (χ1) is 8.62. The SMILES string of the molecule is COc1cc(OC)nc(N2CC(=O)N[C@@H](C)C2)n1. The number of ether oxygens (including phenoxy) is 2. The molecule has 0 saturated carbocycles. The van der Waals surface area contributed by atoms with Crippen LogP contribution >= 0.6 is 0 Å². The number of rotatable bonds is 3. The number of piperazine rings is 1. The molecule has 18 heavy (non-hydrogen) atoms. The normalized spacial score (nSPS) is 19.4. The molecule has 0 spiro atoms. The van der Waals surface area contributed by atoms with Gasteiger partial charge in [-0.3, -0.25) is 4.79 Å². The molecule has 2 rings (SSSR count). The summed E-state index contributed by atoms with van der Waals surface area (Å²) in [5, 5.41) is 2.84. The Labute approximate surface area is 105 Å². The summed E-state index contributed by atoms with van der Waals surface area (Å²) in [6, 6.07) is 1.66. The van der Waals surface area contributed by atoms with Gasteiger partial charge in [0.05, 0.1) is 26.8 Å². The van der Waals surface area contributed by atoms with Gasteiger partial charge in [-0.05, 0) is 6.92 Å². The zero-order valence-corrected chi connectivity index (χ0v) is 10.6. The lowest BCUT2D eigenvalue weighted by Crippen LogP contribution is -2.53. The molecule has 0 aromatic carbocycles. The first kappa shape index (κ1) is 12.4. The molecule has 98 valence electrons. The van der Waals surface area contributed by atoms with E-state index >= 15 is 0 Å². The smallest absolute Gasteiger partial charge is 0.239 e. The van der Waals surface area contributed by atoms with Crippen molar-refractivity contribution in [3.05, 3.63) is 6.07 Å². The van der Waals surface area contributed by atoms with Crippen molar-refractivity contribution in [3.8, 4) is 11.8 Å². The molecule has 1 fully saturated rings. The van der Waals surface area contributed by atoms with Crippen molar-refractivity contribution in [2.24, 2.45) is 0 Å². The van der Waals surface area contributed by atoms with E-state index in [9.17, 15) is 4.79 Å². The molecule has 7 heteroatoms. The zero-order valence-electron chi connectivity index (χ0n) is 10.6. The molecule has 0 bridgehead atoms. The molecule has 1 aliphatic rings. The molecule has 7 nitrogen and oxygen atoms in total. The van der Waals surface area contributed by atoms with E-state index in [0.717, 1.165) is 0 Å². The fraction of sp³-hybridized carbons (Fsp3) is 0.545. The predicted octanol–water partition coefficient (Wildman–Crippen LogP) is -0.182. The first-order valence-corrected chi connectivity index (χ1v) is 5.63. The van der Waals surface area contributed by atoms with Gasteiger partial charge in [0.15, 0.2) is 0 Å². The maximum Gasteiger partial charge on any atom is 0.239 e. The summed E-state index contributed by atoms with van der Waals surface area (Å²) < 4.78 is 10.2. The second-order valence-corrected chi connectivity index (χ2v) is 4.10. The highest BCUT2D eigenvalue weighted by molar-refractivity contribution is 5.82. The summed E-state index contributed by atoms with van der Waals surface area (Å²) in [7, 11) is 3.05. The van der Waals surface area contributed by atoms with E-state index in [0.29, 0.717) is 24.3 Å². The lowest BCUT2D eigenvalue weighted by Gasteiger charge is -2.31. The highest BCUT2D eigenvalue weighted by Gasteiger charge is 2.24. The van der Waals surface area contributed by atoms with Gasteiger partial charge in [-0.2, -0.15) is 9.97 Å². The summed E-state index contributed by atoms with van der Waals surface area (Å²) in [5.74, 6) is 1.22. The Bertz CT molecular complexity index is 430. The molecule has 1 atom stereocenters. The molecular weight excluding hydrogens is 236 g/mol. The Morgan fingerprint density at radius 2 is 1.94 bits per heavy atom. The van der Waals surface area contributed by atoms with Gasteiger partial charge in [-0.25, -0.2) is 0 Å². The second kappa shape index (κ2) is 5.07. The van der Waals surface area contributed by atoms with E-state index in [-0.39, 0.29) is 18.5 Å². The summed E-state index contributed by atoms with van der Waals surface area (Å²) in [6.45, 7) is 2.82. The maximum atomic E-state index is 11.5. The molecule has 1 N–H and O–H groups in total. The fourth-order valence-electron chi connectivity index (χ4n) is 1.83. The quantitative estimate of drug-likeness (QED) is 0.804. The zero-order chi connectivity index (χ0) is 13.1. The number of hydrogen-bond donors (Lipinski definition) is 1. The standard InChI is InChI=1S/C11H16N4O3/c1-7-5-15(6-8(16)12-7)11-13-9(17-2)4-10(14-11)18-3/h4,7H,5-6H2,1-3H3,(H,12,16)/t7-/m0/s1. The molecule has 1 saturated heterocycles. The van der Waals surface area contributed by atoms with E-state index in [1.54, 1.807) is 11.0 Å². The third-order valence-electron chi connectivity index (χ3n) is 2.60. The highest BCUT2D eigenvalue weighted by atomic mass is 16.5. The Hall–Kier alpha value is -2.05. The van der Waals surface area contributed by atoms with Crippen LogP contribution in [0.5, 0.6) is 11.8 Å². The van der Waals surface area contributed by atoms with Gasteiger partial charge < -0.3 is 19.7 Å². The number of anilines is 1. The van der Waals surface area contributed by atoms with Crippen LogP contribution in [0.4, 0.5) is 5.95 Å². The van der Waals surface area contributed by atoms with Gasteiger partial charge in [0, 0.05) is 12.6 Å². The summed E-state index contributed by atoms with van der Waals surface area (Å²) in [6.07, 6.45) is 0. The van der Waals surface area contributed by atoms with Crippen molar-refractivity contribution in [1.82, 2.24) is 15.3 Å². The minimum absolute atomic E-state index is 0.0425. The van der Waals surface area contributed by atoms with Crippen LogP contribution in [0.3, 0.4) is 0 Å². The van der Waals surface area contributed by atoms with Gasteiger partial charge in [0.1, 0.15) is 0 Å². The van der Waals surface area contributed by atoms with E-state index in [2.05, 4.69) is 15.3 Å². The van der Waals surface area contributed by atoms with E-state index in [4.69, 9.17) is 9.47 Å². The van der Waals surface area contributed by atoms with Crippen molar-refractivity contribution < 1.29 is 14.3 Å². The maximum absolute atomic E-state index is 11.5. The molecule has 2 heterocycles. The molecule has 0 unspecified atom stereocenters. The monoisotopic (exact) mass is 252 g/mol. The van der Waals surface area contributed by atoms with Gasteiger partial charge >= 0.3 is 0 Å². The summed E-state index contributed by atoms with van der Waals surface area (Å²) in [4.78, 5) is 21.7. The average molecular weight is 252 g/mol. The van der Waals surface area contributed by atoms with Crippen LogP contribution in [-0.2, 0) is 4.79 Å². The van der Waals surface area contributed by atoms with Gasteiger partial charge in [-0.1, -0.05) is 0 Å². The predicted molar refractivity (Wildman–Crippen MR) is 65.0 cm³/mol. The number of nitrogens with zero attached hydrogens (tertiary/aromatic N) is 3. The van der Waals surface area contributed by atoms with Crippen molar-refractivity contribution in [3.63, 3.8) is 0 Å². The number of aromatic nitrogens is 2. The molecule has 1 aliphatic heterocycles. The minimum atomic E-state index is -0.0425. The van der Waals surface area contributed by atoms with Gasteiger partial charge in [-0.15, -0.1) is 0 Å². The lowest BCUT2D eigenvalue weighted by atomic mass is 10.2. The molecule has 1 aromatic rings. The Morgan fingerprint density at radius 1 is 1.33 bits per heavy atom. The van der Waals surface area contributed by atoms with Crippen LogP contribution in [-0.4, -0.2) is 49.2 Å². The summed E-state index contributed by atoms with van der Waals surface area (Å²) >= 11 is 0. The highest BCUT2D eigenvalue weighted by Crippen LogP contribution is 2.20. The van der Waals surface area contributed by atoms with E-state index in [1.165, 1.54) is 14.2 Å². The van der Waals surface area contributed by atoms with Crippen LogP contribution < -0.4 is 19.7 Å². The topological polar surface area (TPSA) is 76.6 Å². The molecule has 1 amide bonds. The van der Waals surface area contributed by atoms with Crippen molar-refractivity contribution in [2.75, 3.05) is 32.2 Å². The third kappa shape index (κ3) is 2.61. The van der Waals surface area contributed by atoms with Crippen LogP contribution in [0.1, 0.15) is 6.92 Å². The van der Waals surface area contributed by atoms with Crippen molar-refractivity contribution >= 4 is 11.9 Å². The van der Waals surface area contributed by atoms with Crippen LogP contribution in [0.25, 0.3) is 0 Å². The fourth-order valence-corrected chi connectivity index (χ4v) is 1.83. The Morgan fingerprint density at radius 3 is 2.44 bits per heavy atom. The first-order valence-electron chi connectivity index (χ1n) is 5.63. The molecule has 0 aliphatic carbocycles. The van der Waals surface area contributed by atoms with Crippen LogP contribution in [0, 0.1) is 0 Å². The van der Waals surface area contributed by atoms with Crippen molar-refractivity contribution in [1.29, 1.82) is 0 Å². The Kier molecular flexibility index (Phi) is 3.50. The number of carbonyl (C=O) groups is 1.